The Bertz CT molecular complexity index is 826. The SMILES string of the molecule is C=CCON=C(C(=O)NC1C(=O)NC1C(=O)OC)c1csc(NC(=O)CCl)n1. The molecule has 0 radical (unpaired) electrons. The van der Waals surface area contributed by atoms with Crippen molar-refractivity contribution >= 4 is 57.5 Å². The van der Waals surface area contributed by atoms with Crippen LogP contribution in [0.4, 0.5) is 5.13 Å². The van der Waals surface area contributed by atoms with Gasteiger partial charge in [0.15, 0.2) is 16.9 Å². The Morgan fingerprint density at radius 2 is 2.25 bits per heavy atom. The fraction of sp³-hybridized carbons (Fsp3) is 0.333. The number of nitrogens with one attached hydrogen (secondary N) is 3. The van der Waals surface area contributed by atoms with Gasteiger partial charge in [0.25, 0.3) is 5.91 Å². The maximum atomic E-state index is 12.6. The molecule has 2 atom stereocenters. The van der Waals surface area contributed by atoms with Crippen LogP contribution in [-0.4, -0.2) is 66.1 Å². The number of aromatic nitrogens is 1. The van der Waals surface area contributed by atoms with E-state index in [4.69, 9.17) is 16.4 Å². The Labute approximate surface area is 168 Å². The average molecular weight is 430 g/mol. The highest BCUT2D eigenvalue weighted by atomic mass is 35.5. The zero-order chi connectivity index (χ0) is 20.7. The van der Waals surface area contributed by atoms with E-state index < -0.39 is 35.8 Å². The number of rotatable bonds is 9. The van der Waals surface area contributed by atoms with E-state index in [0.29, 0.717) is 0 Å². The maximum Gasteiger partial charge on any atom is 0.331 e. The lowest BCUT2D eigenvalue weighted by Gasteiger charge is -2.34. The van der Waals surface area contributed by atoms with Gasteiger partial charge in [0, 0.05) is 5.38 Å². The summed E-state index contributed by atoms with van der Waals surface area (Å²) in [5, 5.41) is 12.5. The van der Waals surface area contributed by atoms with E-state index in [1.54, 1.807) is 0 Å². The first-order chi connectivity index (χ1) is 13.4. The number of methoxy groups -OCH3 is 1. The van der Waals surface area contributed by atoms with Crippen LogP contribution < -0.4 is 16.0 Å². The quantitative estimate of drug-likeness (QED) is 0.0901. The predicted octanol–water partition coefficient (Wildman–Crippen LogP) is -0.617. The largest absolute Gasteiger partial charge is 0.467 e. The monoisotopic (exact) mass is 429 g/mol. The highest BCUT2D eigenvalue weighted by molar-refractivity contribution is 7.14. The third-order valence-corrected chi connectivity index (χ3v) is 4.33. The zero-order valence-corrected chi connectivity index (χ0v) is 16.1. The number of hydrogen-bond acceptors (Lipinski definition) is 9. The second-order valence-corrected chi connectivity index (χ2v) is 6.33. The molecular formula is C15H16ClN5O6S. The first-order valence-electron chi connectivity index (χ1n) is 7.72. The fourth-order valence-corrected chi connectivity index (χ4v) is 2.79. The van der Waals surface area contributed by atoms with Crippen molar-refractivity contribution in [1.29, 1.82) is 0 Å². The summed E-state index contributed by atoms with van der Waals surface area (Å²) < 4.78 is 4.56. The number of thiazole rings is 1. The lowest BCUT2D eigenvalue weighted by Crippen LogP contribution is -2.72. The molecule has 3 N–H and O–H groups in total. The first-order valence-corrected chi connectivity index (χ1v) is 9.14. The summed E-state index contributed by atoms with van der Waals surface area (Å²) in [6.07, 6.45) is 1.42. The van der Waals surface area contributed by atoms with Gasteiger partial charge < -0.3 is 25.5 Å². The molecule has 3 amide bonds. The first kappa shape index (κ1) is 21.3. The van der Waals surface area contributed by atoms with E-state index in [1.165, 1.54) is 11.5 Å². The lowest BCUT2D eigenvalue weighted by atomic mass is 9.99. The average Bonchev–Trinajstić information content (AvgIpc) is 3.14. The standard InChI is InChI=1S/C15H16ClN5O6S/c1-3-4-27-21-9(7-6-28-15(17-7)18-8(22)5-16)12(23)19-10-11(14(25)26-2)20-13(10)24/h3,6,10-11H,1,4-5H2,2H3,(H,19,23)(H,20,24)(H,17,18,22). The minimum absolute atomic E-state index is 0.0193. The van der Waals surface area contributed by atoms with Crippen molar-refractivity contribution in [3.05, 3.63) is 23.7 Å². The van der Waals surface area contributed by atoms with Gasteiger partial charge in [-0.15, -0.1) is 22.9 Å². The Kier molecular flexibility index (Phi) is 7.46. The summed E-state index contributed by atoms with van der Waals surface area (Å²) in [5.74, 6) is -2.79. The number of alkyl halides is 1. The topological polar surface area (TPSA) is 148 Å². The Morgan fingerprint density at radius 1 is 1.50 bits per heavy atom. The number of carbonyl (C=O) groups excluding carboxylic acids is 4. The third-order valence-electron chi connectivity index (χ3n) is 3.33. The molecule has 0 spiro atoms. The number of esters is 1. The Hall–Kier alpha value is -2.99. The van der Waals surface area contributed by atoms with Crippen LogP contribution in [0.25, 0.3) is 0 Å². The molecule has 0 saturated carbocycles. The minimum atomic E-state index is -1.13. The lowest BCUT2D eigenvalue weighted by molar-refractivity contribution is -0.153. The van der Waals surface area contributed by atoms with Crippen LogP contribution >= 0.6 is 22.9 Å². The molecule has 0 aliphatic carbocycles. The Balaban J connectivity index is 2.18. The van der Waals surface area contributed by atoms with Crippen molar-refractivity contribution in [2.24, 2.45) is 5.16 Å². The van der Waals surface area contributed by atoms with Gasteiger partial charge in [0.05, 0.1) is 7.11 Å². The molecule has 1 saturated heterocycles. The van der Waals surface area contributed by atoms with Crippen LogP contribution in [0.15, 0.2) is 23.2 Å². The van der Waals surface area contributed by atoms with Gasteiger partial charge in [-0.3, -0.25) is 14.4 Å². The smallest absolute Gasteiger partial charge is 0.331 e. The van der Waals surface area contributed by atoms with Crippen LogP contribution in [0, 0.1) is 0 Å². The van der Waals surface area contributed by atoms with Crippen LogP contribution in [-0.2, 0) is 28.8 Å². The van der Waals surface area contributed by atoms with Crippen molar-refractivity contribution in [3.8, 4) is 0 Å². The molecule has 150 valence electrons. The van der Waals surface area contributed by atoms with E-state index in [-0.39, 0.29) is 29.0 Å². The number of ether oxygens (including phenoxy) is 1. The second kappa shape index (κ2) is 9.80. The number of hydrogen-bond donors (Lipinski definition) is 3. The molecule has 0 bridgehead atoms. The van der Waals surface area contributed by atoms with Crippen molar-refractivity contribution in [1.82, 2.24) is 15.6 Å². The predicted molar refractivity (Wildman–Crippen MR) is 100 cm³/mol. The second-order valence-electron chi connectivity index (χ2n) is 5.20. The number of halogens is 1. The van der Waals surface area contributed by atoms with Crippen LogP contribution in [0.3, 0.4) is 0 Å². The summed E-state index contributed by atoms with van der Waals surface area (Å²) in [4.78, 5) is 56.3. The molecule has 1 fully saturated rings. The molecule has 2 unspecified atom stereocenters. The molecule has 1 aliphatic heterocycles. The third kappa shape index (κ3) is 5.04. The summed E-state index contributed by atoms with van der Waals surface area (Å²) in [7, 11) is 1.16. The van der Waals surface area contributed by atoms with Crippen LogP contribution in [0.2, 0.25) is 0 Å². The van der Waals surface area contributed by atoms with Crippen molar-refractivity contribution in [2.75, 3.05) is 24.9 Å². The van der Waals surface area contributed by atoms with Gasteiger partial charge in [-0.25, -0.2) is 9.78 Å². The van der Waals surface area contributed by atoms with Gasteiger partial charge in [-0.05, 0) is 0 Å². The molecule has 2 heterocycles. The van der Waals surface area contributed by atoms with Crippen LogP contribution in [0.1, 0.15) is 5.69 Å². The highest BCUT2D eigenvalue weighted by Gasteiger charge is 2.46. The number of carbonyl (C=O) groups is 4. The van der Waals surface area contributed by atoms with E-state index in [1.807, 2.05) is 0 Å². The van der Waals surface area contributed by atoms with Gasteiger partial charge in [0.1, 0.15) is 24.2 Å². The molecule has 13 heteroatoms. The van der Waals surface area contributed by atoms with Crippen molar-refractivity contribution < 1.29 is 28.8 Å². The number of amides is 3. The normalized spacial score (nSPS) is 18.4. The van der Waals surface area contributed by atoms with E-state index >= 15 is 0 Å². The summed E-state index contributed by atoms with van der Waals surface area (Å²) >= 11 is 6.46. The molecule has 1 aliphatic rings. The zero-order valence-electron chi connectivity index (χ0n) is 14.6. The van der Waals surface area contributed by atoms with E-state index in [0.717, 1.165) is 18.4 Å². The number of β-lactam (4-membered cyclic amide) rings is 1. The van der Waals surface area contributed by atoms with Gasteiger partial charge in [-0.1, -0.05) is 17.8 Å². The molecular weight excluding hydrogens is 414 g/mol. The fourth-order valence-electron chi connectivity index (χ4n) is 2.01. The molecule has 1 aromatic heterocycles. The molecule has 11 nitrogen and oxygen atoms in total. The maximum absolute atomic E-state index is 12.6. The molecule has 28 heavy (non-hydrogen) atoms. The number of anilines is 1. The molecule has 1 aromatic rings. The van der Waals surface area contributed by atoms with Gasteiger partial charge >= 0.3 is 5.97 Å². The van der Waals surface area contributed by atoms with E-state index in [2.05, 4.69) is 37.4 Å². The molecule has 2 rings (SSSR count). The number of nitrogens with zero attached hydrogens (tertiary/aromatic N) is 2. The molecule has 0 aromatic carbocycles. The summed E-state index contributed by atoms with van der Waals surface area (Å²) in [6, 6.07) is -2.13. The summed E-state index contributed by atoms with van der Waals surface area (Å²) in [5.41, 5.74) is -0.168. The number of oxime groups is 1. The van der Waals surface area contributed by atoms with Gasteiger partial charge in [-0.2, -0.15) is 0 Å². The van der Waals surface area contributed by atoms with E-state index in [9.17, 15) is 19.2 Å². The van der Waals surface area contributed by atoms with Crippen LogP contribution in [0.5, 0.6) is 0 Å². The minimum Gasteiger partial charge on any atom is -0.467 e. The van der Waals surface area contributed by atoms with Crippen molar-refractivity contribution in [3.63, 3.8) is 0 Å². The van der Waals surface area contributed by atoms with Gasteiger partial charge in [0.2, 0.25) is 11.8 Å². The van der Waals surface area contributed by atoms with Crippen molar-refractivity contribution in [2.45, 2.75) is 12.1 Å². The Morgan fingerprint density at radius 3 is 2.86 bits per heavy atom. The highest BCUT2D eigenvalue weighted by Crippen LogP contribution is 2.17. The summed E-state index contributed by atoms with van der Waals surface area (Å²) in [6.45, 7) is 3.49.